The van der Waals surface area contributed by atoms with Gasteiger partial charge < -0.3 is 15.5 Å². The van der Waals surface area contributed by atoms with E-state index in [2.05, 4.69) is 5.32 Å². The van der Waals surface area contributed by atoms with Gasteiger partial charge in [0, 0.05) is 19.0 Å². The molecule has 0 aromatic heterocycles. The lowest BCUT2D eigenvalue weighted by Gasteiger charge is -2.07. The summed E-state index contributed by atoms with van der Waals surface area (Å²) >= 11 is 0. The molecule has 0 aliphatic heterocycles. The lowest BCUT2D eigenvalue weighted by atomic mass is 10.2. The molecule has 1 aromatic rings. The van der Waals surface area contributed by atoms with Crippen LogP contribution in [-0.4, -0.2) is 28.0 Å². The monoisotopic (exact) mass is 212 g/mol. The van der Waals surface area contributed by atoms with E-state index in [1.807, 2.05) is 0 Å². The highest BCUT2D eigenvalue weighted by Gasteiger charge is 2.11. The fraction of sp³-hybridized carbons (Fsp3) is 0.333. The summed E-state index contributed by atoms with van der Waals surface area (Å²) < 4.78 is 0. The summed E-state index contributed by atoms with van der Waals surface area (Å²) in [6, 6.07) is 6.20. The first kappa shape index (κ1) is 11.4. The van der Waals surface area contributed by atoms with Crippen LogP contribution in [0, 0.1) is 10.1 Å². The third-order valence-electron chi connectivity index (χ3n) is 1.82. The predicted molar refractivity (Wildman–Crippen MR) is 54.4 cm³/mol. The molecule has 6 nitrogen and oxygen atoms in total. The minimum atomic E-state index is -1.40. The van der Waals surface area contributed by atoms with Crippen LogP contribution in [0.5, 0.6) is 0 Å². The summed E-state index contributed by atoms with van der Waals surface area (Å²) in [5.41, 5.74) is 0.355. The molecular formula is C9H12N2O4. The maximum atomic E-state index is 10.6. The summed E-state index contributed by atoms with van der Waals surface area (Å²) in [5, 5.41) is 30.5. The van der Waals surface area contributed by atoms with Crippen LogP contribution >= 0.6 is 0 Å². The number of nitrogens with zero attached hydrogens (tertiary/aromatic N) is 1. The van der Waals surface area contributed by atoms with Crippen molar-refractivity contribution in [2.24, 2.45) is 0 Å². The van der Waals surface area contributed by atoms with Gasteiger partial charge in [0.2, 0.25) is 0 Å². The van der Waals surface area contributed by atoms with Gasteiger partial charge in [0.1, 0.15) is 5.69 Å². The Morgan fingerprint density at radius 3 is 2.67 bits per heavy atom. The number of nitro groups is 1. The van der Waals surface area contributed by atoms with Gasteiger partial charge in [0.15, 0.2) is 6.29 Å². The molecule has 0 radical (unpaired) electrons. The minimum Gasteiger partial charge on any atom is -0.379 e. The summed E-state index contributed by atoms with van der Waals surface area (Å²) in [6.07, 6.45) is -1.29. The molecule has 0 aliphatic rings. The maximum absolute atomic E-state index is 10.6. The topological polar surface area (TPSA) is 95.6 Å². The Labute approximate surface area is 86.3 Å². The molecule has 6 heteroatoms. The Balaban J connectivity index is 2.63. The minimum absolute atomic E-state index is 0.0232. The van der Waals surface area contributed by atoms with Crippen LogP contribution in [0.4, 0.5) is 11.4 Å². The van der Waals surface area contributed by atoms with Crippen molar-refractivity contribution in [1.82, 2.24) is 0 Å². The van der Waals surface area contributed by atoms with Crippen molar-refractivity contribution in [3.05, 3.63) is 34.4 Å². The summed E-state index contributed by atoms with van der Waals surface area (Å²) in [5.74, 6) is 0. The molecule has 0 bridgehead atoms. The third kappa shape index (κ3) is 3.53. The van der Waals surface area contributed by atoms with E-state index in [1.165, 1.54) is 6.07 Å². The number of hydrogen-bond donors (Lipinski definition) is 3. The predicted octanol–water partition coefficient (Wildman–Crippen LogP) is 0.707. The van der Waals surface area contributed by atoms with Gasteiger partial charge in [-0.3, -0.25) is 10.1 Å². The zero-order valence-corrected chi connectivity index (χ0v) is 7.96. The molecule has 0 amide bonds. The van der Waals surface area contributed by atoms with Crippen LogP contribution in [0.3, 0.4) is 0 Å². The second kappa shape index (κ2) is 5.28. The van der Waals surface area contributed by atoms with Gasteiger partial charge in [-0.1, -0.05) is 12.1 Å². The molecule has 82 valence electrons. The molecular weight excluding hydrogens is 200 g/mol. The van der Waals surface area contributed by atoms with Gasteiger partial charge in [-0.25, -0.2) is 0 Å². The Kier molecular flexibility index (Phi) is 4.02. The number of anilines is 1. The molecule has 1 aromatic carbocycles. The van der Waals surface area contributed by atoms with Gasteiger partial charge in [-0.2, -0.15) is 0 Å². The summed E-state index contributed by atoms with van der Waals surface area (Å²) in [4.78, 5) is 10.1. The molecule has 3 N–H and O–H groups in total. The van der Waals surface area contributed by atoms with Crippen LogP contribution < -0.4 is 5.32 Å². The smallest absolute Gasteiger partial charge is 0.292 e. The number of aliphatic hydroxyl groups is 2. The maximum Gasteiger partial charge on any atom is 0.292 e. The number of para-hydroxylation sites is 2. The lowest BCUT2D eigenvalue weighted by Crippen LogP contribution is -2.12. The first-order chi connectivity index (χ1) is 7.11. The quantitative estimate of drug-likeness (QED) is 0.379. The van der Waals surface area contributed by atoms with E-state index >= 15 is 0 Å². The molecule has 0 heterocycles. The molecule has 0 fully saturated rings. The summed E-state index contributed by atoms with van der Waals surface area (Å²) in [7, 11) is 0. The SMILES string of the molecule is O=[N+]([O-])c1ccccc1NCCC(O)O. The average Bonchev–Trinajstić information content (AvgIpc) is 2.17. The van der Waals surface area contributed by atoms with Gasteiger partial charge in [-0.05, 0) is 6.07 Å². The Hall–Kier alpha value is -1.66. The van der Waals surface area contributed by atoms with Gasteiger partial charge in [0.25, 0.3) is 5.69 Å². The lowest BCUT2D eigenvalue weighted by molar-refractivity contribution is -0.384. The largest absolute Gasteiger partial charge is 0.379 e. The molecule has 0 unspecified atom stereocenters. The van der Waals surface area contributed by atoms with Crippen LogP contribution in [0.15, 0.2) is 24.3 Å². The zero-order chi connectivity index (χ0) is 11.3. The van der Waals surface area contributed by atoms with E-state index in [4.69, 9.17) is 10.2 Å². The zero-order valence-electron chi connectivity index (χ0n) is 7.96. The summed E-state index contributed by atoms with van der Waals surface area (Å²) in [6.45, 7) is 0.266. The van der Waals surface area contributed by atoms with Crippen molar-refractivity contribution in [2.75, 3.05) is 11.9 Å². The molecule has 0 saturated heterocycles. The fourth-order valence-electron chi connectivity index (χ4n) is 1.12. The van der Waals surface area contributed by atoms with E-state index in [0.29, 0.717) is 5.69 Å². The molecule has 0 atom stereocenters. The first-order valence-electron chi connectivity index (χ1n) is 4.44. The van der Waals surface area contributed by atoms with Crippen molar-refractivity contribution in [3.8, 4) is 0 Å². The van der Waals surface area contributed by atoms with Crippen molar-refractivity contribution in [1.29, 1.82) is 0 Å². The third-order valence-corrected chi connectivity index (χ3v) is 1.82. The normalized spacial score (nSPS) is 10.3. The standard InChI is InChI=1S/C9H12N2O4/c12-9(13)5-6-10-7-3-1-2-4-8(7)11(14)15/h1-4,9-10,12-13H,5-6H2. The van der Waals surface area contributed by atoms with E-state index < -0.39 is 11.2 Å². The van der Waals surface area contributed by atoms with Crippen molar-refractivity contribution < 1.29 is 15.1 Å². The second-order valence-electron chi connectivity index (χ2n) is 2.97. The number of benzene rings is 1. The molecule has 0 aliphatic carbocycles. The van der Waals surface area contributed by atoms with Crippen LogP contribution in [0.1, 0.15) is 6.42 Å². The Bertz CT molecular complexity index is 341. The fourth-order valence-corrected chi connectivity index (χ4v) is 1.12. The van der Waals surface area contributed by atoms with Crippen molar-refractivity contribution in [3.63, 3.8) is 0 Å². The number of nitro benzene ring substituents is 1. The van der Waals surface area contributed by atoms with Crippen LogP contribution in [-0.2, 0) is 0 Å². The molecule has 0 saturated carbocycles. The second-order valence-corrected chi connectivity index (χ2v) is 2.97. The number of rotatable bonds is 5. The van der Waals surface area contributed by atoms with Crippen molar-refractivity contribution >= 4 is 11.4 Å². The highest BCUT2D eigenvalue weighted by molar-refractivity contribution is 5.60. The number of hydrogen-bond acceptors (Lipinski definition) is 5. The van der Waals surface area contributed by atoms with Gasteiger partial charge >= 0.3 is 0 Å². The molecule has 15 heavy (non-hydrogen) atoms. The number of aliphatic hydroxyl groups excluding tert-OH is 1. The number of nitrogens with one attached hydrogen (secondary N) is 1. The highest BCUT2D eigenvalue weighted by atomic mass is 16.6. The molecule has 1 rings (SSSR count). The van der Waals surface area contributed by atoms with E-state index in [1.54, 1.807) is 18.2 Å². The van der Waals surface area contributed by atoms with E-state index in [-0.39, 0.29) is 18.7 Å². The van der Waals surface area contributed by atoms with E-state index in [0.717, 1.165) is 0 Å². The Morgan fingerprint density at radius 2 is 2.07 bits per heavy atom. The highest BCUT2D eigenvalue weighted by Crippen LogP contribution is 2.22. The van der Waals surface area contributed by atoms with Gasteiger partial charge in [-0.15, -0.1) is 0 Å². The van der Waals surface area contributed by atoms with Crippen LogP contribution in [0.25, 0.3) is 0 Å². The average molecular weight is 212 g/mol. The first-order valence-corrected chi connectivity index (χ1v) is 4.44. The van der Waals surface area contributed by atoms with Crippen molar-refractivity contribution in [2.45, 2.75) is 12.7 Å². The van der Waals surface area contributed by atoms with Gasteiger partial charge in [0.05, 0.1) is 4.92 Å². The van der Waals surface area contributed by atoms with Crippen LogP contribution in [0.2, 0.25) is 0 Å². The molecule has 0 spiro atoms. The Morgan fingerprint density at radius 1 is 1.40 bits per heavy atom. The van der Waals surface area contributed by atoms with E-state index in [9.17, 15) is 10.1 Å².